The average Bonchev–Trinajstić information content (AvgIpc) is 2.27. The number of nitrogens with one attached hydrogen (secondary N) is 1. The standard InChI is InChI=1S/C13H20N2O2/c1-9-4-12(5-10(2)15-9)17-8-13-6-14-11(3)7-16-13/h4-5,11,13-14H,6-8H2,1-3H3/t11-,13-/m0/s1. The first-order valence-electron chi connectivity index (χ1n) is 6.06. The zero-order chi connectivity index (χ0) is 12.3. The summed E-state index contributed by atoms with van der Waals surface area (Å²) in [6.45, 7) is 8.25. The van der Waals surface area contributed by atoms with Gasteiger partial charge in [-0.15, -0.1) is 0 Å². The molecule has 1 N–H and O–H groups in total. The Kier molecular flexibility index (Phi) is 3.97. The second kappa shape index (κ2) is 5.47. The van der Waals surface area contributed by atoms with Crippen LogP contribution in [0.3, 0.4) is 0 Å². The van der Waals surface area contributed by atoms with Crippen LogP contribution in [0.5, 0.6) is 5.75 Å². The van der Waals surface area contributed by atoms with Crippen molar-refractivity contribution in [2.45, 2.75) is 32.9 Å². The number of aryl methyl sites for hydroxylation is 2. The molecule has 0 radical (unpaired) electrons. The van der Waals surface area contributed by atoms with Gasteiger partial charge in [-0.3, -0.25) is 4.98 Å². The minimum absolute atomic E-state index is 0.139. The highest BCUT2D eigenvalue weighted by Crippen LogP contribution is 2.14. The van der Waals surface area contributed by atoms with E-state index in [0.29, 0.717) is 12.6 Å². The lowest BCUT2D eigenvalue weighted by Gasteiger charge is -2.28. The quantitative estimate of drug-likeness (QED) is 0.862. The van der Waals surface area contributed by atoms with Crippen molar-refractivity contribution in [3.05, 3.63) is 23.5 Å². The van der Waals surface area contributed by atoms with Crippen LogP contribution in [0.4, 0.5) is 0 Å². The molecule has 0 amide bonds. The molecule has 0 aliphatic carbocycles. The third-order valence-electron chi connectivity index (χ3n) is 2.77. The van der Waals surface area contributed by atoms with Gasteiger partial charge < -0.3 is 14.8 Å². The van der Waals surface area contributed by atoms with E-state index in [-0.39, 0.29) is 6.10 Å². The molecule has 0 unspecified atom stereocenters. The lowest BCUT2D eigenvalue weighted by atomic mass is 10.2. The number of hydrogen-bond acceptors (Lipinski definition) is 4. The van der Waals surface area contributed by atoms with Crippen LogP contribution in [0.25, 0.3) is 0 Å². The van der Waals surface area contributed by atoms with Crippen molar-refractivity contribution in [2.24, 2.45) is 0 Å². The number of rotatable bonds is 3. The second-order valence-corrected chi connectivity index (χ2v) is 4.66. The Morgan fingerprint density at radius 2 is 2.12 bits per heavy atom. The van der Waals surface area contributed by atoms with E-state index in [1.54, 1.807) is 0 Å². The van der Waals surface area contributed by atoms with E-state index in [2.05, 4.69) is 17.2 Å². The predicted octanol–water partition coefficient (Wildman–Crippen LogP) is 1.45. The maximum Gasteiger partial charge on any atom is 0.123 e. The van der Waals surface area contributed by atoms with Crippen LogP contribution < -0.4 is 10.1 Å². The van der Waals surface area contributed by atoms with E-state index in [1.807, 2.05) is 26.0 Å². The molecule has 1 saturated heterocycles. The van der Waals surface area contributed by atoms with Crippen molar-refractivity contribution in [3.8, 4) is 5.75 Å². The molecule has 1 fully saturated rings. The summed E-state index contributed by atoms with van der Waals surface area (Å²) in [6.07, 6.45) is 0.139. The molecular weight excluding hydrogens is 216 g/mol. The Morgan fingerprint density at radius 3 is 2.71 bits per heavy atom. The molecule has 17 heavy (non-hydrogen) atoms. The molecule has 1 aromatic heterocycles. The summed E-state index contributed by atoms with van der Waals surface area (Å²) < 4.78 is 11.4. The Balaban J connectivity index is 1.85. The first-order chi connectivity index (χ1) is 8.13. The summed E-state index contributed by atoms with van der Waals surface area (Å²) in [5, 5.41) is 3.37. The molecule has 1 aliphatic heterocycles. The van der Waals surface area contributed by atoms with Gasteiger partial charge in [-0.2, -0.15) is 0 Å². The van der Waals surface area contributed by atoms with Crippen molar-refractivity contribution < 1.29 is 9.47 Å². The summed E-state index contributed by atoms with van der Waals surface area (Å²) in [5.41, 5.74) is 1.97. The van der Waals surface area contributed by atoms with Gasteiger partial charge in [0.15, 0.2) is 0 Å². The lowest BCUT2D eigenvalue weighted by molar-refractivity contribution is -0.0165. The maximum atomic E-state index is 5.74. The fraction of sp³-hybridized carbons (Fsp3) is 0.615. The van der Waals surface area contributed by atoms with Crippen molar-refractivity contribution in [3.63, 3.8) is 0 Å². The number of hydrogen-bond donors (Lipinski definition) is 1. The molecule has 0 bridgehead atoms. The molecule has 0 saturated carbocycles. The van der Waals surface area contributed by atoms with E-state index in [0.717, 1.165) is 30.3 Å². The molecule has 2 atom stereocenters. The van der Waals surface area contributed by atoms with Crippen LogP contribution in [-0.4, -0.2) is 36.9 Å². The fourth-order valence-corrected chi connectivity index (χ4v) is 1.91. The number of aromatic nitrogens is 1. The number of pyridine rings is 1. The summed E-state index contributed by atoms with van der Waals surface area (Å²) in [6, 6.07) is 4.34. The molecule has 2 rings (SSSR count). The monoisotopic (exact) mass is 236 g/mol. The van der Waals surface area contributed by atoms with Gasteiger partial charge in [0, 0.05) is 36.1 Å². The van der Waals surface area contributed by atoms with Gasteiger partial charge in [-0.25, -0.2) is 0 Å². The lowest BCUT2D eigenvalue weighted by Crippen LogP contribution is -2.46. The molecule has 94 valence electrons. The van der Waals surface area contributed by atoms with E-state index in [9.17, 15) is 0 Å². The van der Waals surface area contributed by atoms with E-state index >= 15 is 0 Å². The Labute approximate surface area is 102 Å². The zero-order valence-electron chi connectivity index (χ0n) is 10.7. The first kappa shape index (κ1) is 12.3. The molecule has 1 aliphatic rings. The molecule has 1 aromatic rings. The van der Waals surface area contributed by atoms with Crippen LogP contribution in [0, 0.1) is 13.8 Å². The van der Waals surface area contributed by atoms with Crippen molar-refractivity contribution in [2.75, 3.05) is 19.8 Å². The van der Waals surface area contributed by atoms with Gasteiger partial charge in [0.25, 0.3) is 0 Å². The van der Waals surface area contributed by atoms with Crippen LogP contribution in [0.2, 0.25) is 0 Å². The summed E-state index contributed by atoms with van der Waals surface area (Å²) >= 11 is 0. The Morgan fingerprint density at radius 1 is 1.41 bits per heavy atom. The molecule has 0 spiro atoms. The van der Waals surface area contributed by atoms with Gasteiger partial charge in [0.1, 0.15) is 18.5 Å². The van der Waals surface area contributed by atoms with Crippen LogP contribution in [-0.2, 0) is 4.74 Å². The number of nitrogens with zero attached hydrogens (tertiary/aromatic N) is 1. The van der Waals surface area contributed by atoms with Gasteiger partial charge in [-0.05, 0) is 20.8 Å². The smallest absolute Gasteiger partial charge is 0.123 e. The van der Waals surface area contributed by atoms with E-state index in [4.69, 9.17) is 9.47 Å². The Bertz CT molecular complexity index is 353. The number of morpholine rings is 1. The SMILES string of the molecule is Cc1cc(OC[C@@H]2CN[C@@H](C)CO2)cc(C)n1. The molecular formula is C13H20N2O2. The third-order valence-corrected chi connectivity index (χ3v) is 2.77. The minimum atomic E-state index is 0.139. The minimum Gasteiger partial charge on any atom is -0.491 e. The molecule has 2 heterocycles. The molecule has 0 aromatic carbocycles. The van der Waals surface area contributed by atoms with Gasteiger partial charge in [0.05, 0.1) is 6.61 Å². The highest BCUT2D eigenvalue weighted by molar-refractivity contribution is 5.26. The van der Waals surface area contributed by atoms with Gasteiger partial charge in [-0.1, -0.05) is 0 Å². The fourth-order valence-electron chi connectivity index (χ4n) is 1.91. The Hall–Kier alpha value is -1.13. The van der Waals surface area contributed by atoms with E-state index in [1.165, 1.54) is 0 Å². The van der Waals surface area contributed by atoms with E-state index < -0.39 is 0 Å². The summed E-state index contributed by atoms with van der Waals surface area (Å²) in [7, 11) is 0. The van der Waals surface area contributed by atoms with Gasteiger partial charge in [0.2, 0.25) is 0 Å². The summed E-state index contributed by atoms with van der Waals surface area (Å²) in [4.78, 5) is 4.32. The van der Waals surface area contributed by atoms with Crippen molar-refractivity contribution in [1.29, 1.82) is 0 Å². The summed E-state index contributed by atoms with van der Waals surface area (Å²) in [5.74, 6) is 0.872. The van der Waals surface area contributed by atoms with Crippen LogP contribution in [0.15, 0.2) is 12.1 Å². The topological polar surface area (TPSA) is 43.4 Å². The average molecular weight is 236 g/mol. The van der Waals surface area contributed by atoms with Crippen LogP contribution >= 0.6 is 0 Å². The molecule has 4 heteroatoms. The predicted molar refractivity (Wildman–Crippen MR) is 66.4 cm³/mol. The largest absolute Gasteiger partial charge is 0.491 e. The highest BCUT2D eigenvalue weighted by atomic mass is 16.5. The second-order valence-electron chi connectivity index (χ2n) is 4.66. The third kappa shape index (κ3) is 3.68. The van der Waals surface area contributed by atoms with Crippen molar-refractivity contribution in [1.82, 2.24) is 10.3 Å². The van der Waals surface area contributed by atoms with Gasteiger partial charge >= 0.3 is 0 Å². The first-order valence-corrected chi connectivity index (χ1v) is 6.06. The highest BCUT2D eigenvalue weighted by Gasteiger charge is 2.18. The zero-order valence-corrected chi connectivity index (χ0v) is 10.7. The maximum absolute atomic E-state index is 5.74. The molecule has 4 nitrogen and oxygen atoms in total. The normalized spacial score (nSPS) is 24.6. The van der Waals surface area contributed by atoms with Crippen molar-refractivity contribution >= 4 is 0 Å². The van der Waals surface area contributed by atoms with Crippen LogP contribution in [0.1, 0.15) is 18.3 Å². The number of ether oxygens (including phenoxy) is 2.